The molecule has 3 rings (SSSR count). The maximum Gasteiger partial charge on any atom is 0.244 e. The van der Waals surface area contributed by atoms with Gasteiger partial charge in [-0.25, -0.2) is 23.4 Å². The summed E-state index contributed by atoms with van der Waals surface area (Å²) in [5, 5.41) is -0.295. The number of benzene rings is 1. The molecule has 0 saturated heterocycles. The van der Waals surface area contributed by atoms with E-state index in [1.54, 1.807) is 6.07 Å². The van der Waals surface area contributed by atoms with E-state index in [9.17, 15) is 8.42 Å². The number of hydrogen-bond acceptors (Lipinski definition) is 8. The zero-order valence-electron chi connectivity index (χ0n) is 13.5. The number of nitrogen functional groups attached to an aromatic ring is 1. The van der Waals surface area contributed by atoms with Crippen LogP contribution in [-0.4, -0.2) is 42.2 Å². The van der Waals surface area contributed by atoms with Crippen LogP contribution in [0.1, 0.15) is 0 Å². The number of nitrogens with zero attached hydrogens (tertiary/aromatic N) is 4. The average molecular weight is 361 g/mol. The Morgan fingerprint density at radius 1 is 1.24 bits per heavy atom. The Balaban J connectivity index is 2.34. The standard InChI is InChI=1S/C15H15N5O4S/c1-4-20-14-12(13(16)17-8-18-14)19-15(20)25(21,22)11-7-9(23-2)5-6-10(11)24-3/h4-8H,1H2,2-3H3,(H2,16,17,18). The molecule has 0 amide bonds. The Labute approximate surface area is 143 Å². The predicted molar refractivity (Wildman–Crippen MR) is 91.1 cm³/mol. The van der Waals surface area contributed by atoms with E-state index < -0.39 is 9.84 Å². The third kappa shape index (κ3) is 2.56. The molecule has 0 aliphatic rings. The van der Waals surface area contributed by atoms with Gasteiger partial charge < -0.3 is 15.2 Å². The monoisotopic (exact) mass is 361 g/mol. The molecule has 1 aromatic carbocycles. The quantitative estimate of drug-likeness (QED) is 0.723. The SMILES string of the molecule is C=Cn1c(S(=O)(=O)c2cc(OC)ccc2OC)nc2c(N)ncnc21. The average Bonchev–Trinajstić information content (AvgIpc) is 3.02. The van der Waals surface area contributed by atoms with Crippen molar-refractivity contribution in [1.29, 1.82) is 0 Å². The molecule has 3 aromatic rings. The van der Waals surface area contributed by atoms with Crippen LogP contribution < -0.4 is 15.2 Å². The summed E-state index contributed by atoms with van der Waals surface area (Å²) in [5.74, 6) is 0.585. The number of fused-ring (bicyclic) bond motifs is 1. The van der Waals surface area contributed by atoms with E-state index in [0.717, 1.165) is 0 Å². The van der Waals surface area contributed by atoms with Gasteiger partial charge in [0.25, 0.3) is 0 Å². The van der Waals surface area contributed by atoms with E-state index >= 15 is 0 Å². The topological polar surface area (TPSA) is 122 Å². The number of rotatable bonds is 5. The van der Waals surface area contributed by atoms with Crippen molar-refractivity contribution in [1.82, 2.24) is 19.5 Å². The van der Waals surface area contributed by atoms with Gasteiger partial charge >= 0.3 is 0 Å². The number of nitrogens with two attached hydrogens (primary N) is 1. The highest BCUT2D eigenvalue weighted by Gasteiger charge is 2.30. The van der Waals surface area contributed by atoms with Crippen molar-refractivity contribution in [3.8, 4) is 11.5 Å². The van der Waals surface area contributed by atoms with Gasteiger partial charge in [0.15, 0.2) is 17.0 Å². The summed E-state index contributed by atoms with van der Waals surface area (Å²) >= 11 is 0. The molecule has 0 atom stereocenters. The van der Waals surface area contributed by atoms with E-state index in [1.807, 2.05) is 0 Å². The normalized spacial score (nSPS) is 11.4. The van der Waals surface area contributed by atoms with E-state index in [-0.39, 0.29) is 32.8 Å². The number of ether oxygens (including phenoxy) is 2. The molecule has 10 heteroatoms. The van der Waals surface area contributed by atoms with E-state index in [4.69, 9.17) is 15.2 Å². The first-order valence-corrected chi connectivity index (χ1v) is 8.50. The molecule has 0 spiro atoms. The third-order valence-corrected chi connectivity index (χ3v) is 5.22. The fourth-order valence-corrected chi connectivity index (χ4v) is 3.87. The lowest BCUT2D eigenvalue weighted by Crippen LogP contribution is -2.10. The van der Waals surface area contributed by atoms with Crippen molar-refractivity contribution in [2.24, 2.45) is 0 Å². The van der Waals surface area contributed by atoms with Gasteiger partial charge in [-0.1, -0.05) is 6.58 Å². The maximum absolute atomic E-state index is 13.2. The molecule has 25 heavy (non-hydrogen) atoms. The molecule has 0 saturated carbocycles. The van der Waals surface area contributed by atoms with Gasteiger partial charge in [0.05, 0.1) is 14.2 Å². The highest BCUT2D eigenvalue weighted by atomic mass is 32.2. The lowest BCUT2D eigenvalue weighted by molar-refractivity contribution is 0.392. The number of aromatic nitrogens is 4. The maximum atomic E-state index is 13.2. The molecule has 130 valence electrons. The van der Waals surface area contributed by atoms with Gasteiger partial charge in [0.1, 0.15) is 22.7 Å². The minimum absolute atomic E-state index is 0.0691. The Kier molecular flexibility index (Phi) is 4.05. The van der Waals surface area contributed by atoms with Crippen LogP contribution in [0.15, 0.2) is 41.2 Å². The first kappa shape index (κ1) is 16.7. The zero-order chi connectivity index (χ0) is 18.2. The van der Waals surface area contributed by atoms with Crippen molar-refractivity contribution in [2.75, 3.05) is 20.0 Å². The highest BCUT2D eigenvalue weighted by molar-refractivity contribution is 7.91. The van der Waals surface area contributed by atoms with Gasteiger partial charge in [-0.2, -0.15) is 0 Å². The second-order valence-corrected chi connectivity index (χ2v) is 6.71. The predicted octanol–water partition coefficient (Wildman–Crippen LogP) is 1.36. The van der Waals surface area contributed by atoms with E-state index in [1.165, 1.54) is 43.4 Å². The molecule has 0 aliphatic heterocycles. The molecule has 2 N–H and O–H groups in total. The number of sulfone groups is 1. The van der Waals surface area contributed by atoms with Crippen LogP contribution in [0.3, 0.4) is 0 Å². The fraction of sp³-hybridized carbons (Fsp3) is 0.133. The van der Waals surface area contributed by atoms with Crippen molar-refractivity contribution in [3.63, 3.8) is 0 Å². The third-order valence-electron chi connectivity index (χ3n) is 3.56. The molecule has 0 aliphatic carbocycles. The molecule has 0 unspecified atom stereocenters. The van der Waals surface area contributed by atoms with Crippen LogP contribution in [0, 0.1) is 0 Å². The lowest BCUT2D eigenvalue weighted by atomic mass is 10.3. The van der Waals surface area contributed by atoms with E-state index in [0.29, 0.717) is 5.75 Å². The van der Waals surface area contributed by atoms with Gasteiger partial charge in [-0.05, 0) is 12.1 Å². The number of imidazole rings is 1. The number of methoxy groups -OCH3 is 2. The first-order chi connectivity index (χ1) is 11.9. The Morgan fingerprint density at radius 2 is 2.00 bits per heavy atom. The summed E-state index contributed by atoms with van der Waals surface area (Å²) in [6, 6.07) is 4.45. The molecule has 2 aromatic heterocycles. The van der Waals surface area contributed by atoms with Crippen LogP contribution in [-0.2, 0) is 9.84 Å². The van der Waals surface area contributed by atoms with Crippen molar-refractivity contribution in [2.45, 2.75) is 10.1 Å². The largest absolute Gasteiger partial charge is 0.497 e. The van der Waals surface area contributed by atoms with Gasteiger partial charge in [-0.3, -0.25) is 4.57 Å². The second-order valence-electron chi connectivity index (χ2n) is 4.90. The molecular formula is C15H15N5O4S. The summed E-state index contributed by atoms with van der Waals surface area (Å²) in [6.45, 7) is 3.63. The summed E-state index contributed by atoms with van der Waals surface area (Å²) in [5.41, 5.74) is 6.18. The fourth-order valence-electron chi connectivity index (χ4n) is 2.35. The highest BCUT2D eigenvalue weighted by Crippen LogP contribution is 2.33. The molecule has 0 bridgehead atoms. The van der Waals surface area contributed by atoms with Gasteiger partial charge in [0, 0.05) is 12.3 Å². The van der Waals surface area contributed by atoms with Crippen LogP contribution in [0.2, 0.25) is 0 Å². The summed E-state index contributed by atoms with van der Waals surface area (Å²) in [7, 11) is -1.27. The van der Waals surface area contributed by atoms with Crippen molar-refractivity contribution >= 4 is 33.0 Å². The van der Waals surface area contributed by atoms with Crippen LogP contribution in [0.25, 0.3) is 17.4 Å². The zero-order valence-corrected chi connectivity index (χ0v) is 14.3. The minimum Gasteiger partial charge on any atom is -0.497 e. The smallest absolute Gasteiger partial charge is 0.244 e. The summed E-state index contributed by atoms with van der Waals surface area (Å²) in [6.07, 6.45) is 2.52. The van der Waals surface area contributed by atoms with Crippen LogP contribution in [0.4, 0.5) is 5.82 Å². The molecule has 0 radical (unpaired) electrons. The molecule has 9 nitrogen and oxygen atoms in total. The van der Waals surface area contributed by atoms with Gasteiger partial charge in [-0.15, -0.1) is 0 Å². The van der Waals surface area contributed by atoms with Crippen LogP contribution in [0.5, 0.6) is 11.5 Å². The Hall–Kier alpha value is -3.14. The lowest BCUT2D eigenvalue weighted by Gasteiger charge is -2.11. The van der Waals surface area contributed by atoms with E-state index in [2.05, 4.69) is 21.5 Å². The summed E-state index contributed by atoms with van der Waals surface area (Å²) in [4.78, 5) is 11.9. The van der Waals surface area contributed by atoms with Crippen molar-refractivity contribution in [3.05, 3.63) is 31.1 Å². The van der Waals surface area contributed by atoms with Gasteiger partial charge in [0.2, 0.25) is 15.0 Å². The van der Waals surface area contributed by atoms with Crippen LogP contribution >= 0.6 is 0 Å². The second kappa shape index (κ2) is 6.06. The number of anilines is 1. The number of hydrogen-bond donors (Lipinski definition) is 1. The summed E-state index contributed by atoms with van der Waals surface area (Å²) < 4.78 is 37.9. The minimum atomic E-state index is -4.08. The Morgan fingerprint density at radius 3 is 2.64 bits per heavy atom. The Bertz CT molecular complexity index is 1070. The molecule has 2 heterocycles. The molecular weight excluding hydrogens is 346 g/mol. The van der Waals surface area contributed by atoms with Crippen molar-refractivity contribution < 1.29 is 17.9 Å². The molecule has 0 fully saturated rings. The first-order valence-electron chi connectivity index (χ1n) is 7.02.